The standard InChI is InChI=1S/C22H31N3O/c1-16-8-11-21(25(6)13-7-12-24(4)5)20(14-16)23-22(26)19-10-9-17(2)18(3)15-19/h8-11,14-15H,7,12-13H2,1-6H3,(H,23,26). The Kier molecular flexibility index (Phi) is 6.81. The fraction of sp³-hybridized carbons (Fsp3) is 0.409. The van der Waals surface area contributed by atoms with E-state index in [-0.39, 0.29) is 5.91 Å². The van der Waals surface area contributed by atoms with Gasteiger partial charge in [0.25, 0.3) is 5.91 Å². The van der Waals surface area contributed by atoms with Crippen LogP contribution in [-0.2, 0) is 0 Å². The lowest BCUT2D eigenvalue weighted by atomic mass is 10.1. The normalized spacial score (nSPS) is 10.9. The Bertz CT molecular complexity index is 768. The van der Waals surface area contributed by atoms with Crippen LogP contribution in [0.15, 0.2) is 36.4 Å². The number of rotatable bonds is 7. The van der Waals surface area contributed by atoms with Crippen LogP contribution in [0, 0.1) is 20.8 Å². The third kappa shape index (κ3) is 5.33. The summed E-state index contributed by atoms with van der Waals surface area (Å²) in [5, 5.41) is 3.10. The molecule has 1 N–H and O–H groups in total. The largest absolute Gasteiger partial charge is 0.373 e. The van der Waals surface area contributed by atoms with Gasteiger partial charge in [-0.2, -0.15) is 0 Å². The molecule has 140 valence electrons. The summed E-state index contributed by atoms with van der Waals surface area (Å²) in [5.41, 5.74) is 6.05. The van der Waals surface area contributed by atoms with Gasteiger partial charge in [-0.25, -0.2) is 0 Å². The average molecular weight is 354 g/mol. The van der Waals surface area contributed by atoms with Crippen molar-refractivity contribution in [1.29, 1.82) is 0 Å². The van der Waals surface area contributed by atoms with Gasteiger partial charge in [0.15, 0.2) is 0 Å². The fourth-order valence-corrected chi connectivity index (χ4v) is 2.90. The van der Waals surface area contributed by atoms with Gasteiger partial charge in [0.1, 0.15) is 0 Å². The molecule has 0 saturated heterocycles. The number of aryl methyl sites for hydroxylation is 3. The first kappa shape index (κ1) is 20.0. The predicted molar refractivity (Wildman–Crippen MR) is 111 cm³/mol. The molecule has 1 amide bonds. The number of nitrogens with zero attached hydrogens (tertiary/aromatic N) is 2. The summed E-state index contributed by atoms with van der Waals surface area (Å²) in [6, 6.07) is 12.0. The van der Waals surface area contributed by atoms with Gasteiger partial charge in [-0.1, -0.05) is 12.1 Å². The first-order valence-corrected chi connectivity index (χ1v) is 9.13. The highest BCUT2D eigenvalue weighted by molar-refractivity contribution is 6.06. The first-order chi connectivity index (χ1) is 12.3. The van der Waals surface area contributed by atoms with Crippen molar-refractivity contribution in [3.63, 3.8) is 0 Å². The van der Waals surface area contributed by atoms with Crippen LogP contribution in [0.5, 0.6) is 0 Å². The van der Waals surface area contributed by atoms with E-state index in [2.05, 4.69) is 55.3 Å². The van der Waals surface area contributed by atoms with Crippen LogP contribution in [0.3, 0.4) is 0 Å². The molecule has 0 spiro atoms. The number of carbonyl (C=O) groups is 1. The summed E-state index contributed by atoms with van der Waals surface area (Å²) in [5.74, 6) is -0.0679. The van der Waals surface area contributed by atoms with Gasteiger partial charge in [0.2, 0.25) is 0 Å². The average Bonchev–Trinajstić information content (AvgIpc) is 2.57. The second-order valence-corrected chi connectivity index (χ2v) is 7.35. The molecule has 0 aromatic heterocycles. The molecule has 0 aliphatic rings. The molecule has 0 aliphatic carbocycles. The van der Waals surface area contributed by atoms with E-state index in [0.29, 0.717) is 5.56 Å². The summed E-state index contributed by atoms with van der Waals surface area (Å²) in [6.07, 6.45) is 1.07. The van der Waals surface area contributed by atoms with Crippen molar-refractivity contribution in [3.05, 3.63) is 58.7 Å². The van der Waals surface area contributed by atoms with Gasteiger partial charge in [-0.3, -0.25) is 4.79 Å². The Morgan fingerprint density at radius 2 is 1.65 bits per heavy atom. The zero-order valence-electron chi connectivity index (χ0n) is 16.9. The molecule has 0 fully saturated rings. The molecular weight excluding hydrogens is 322 g/mol. The number of anilines is 2. The Morgan fingerprint density at radius 3 is 2.31 bits per heavy atom. The van der Waals surface area contributed by atoms with Crippen molar-refractivity contribution in [3.8, 4) is 0 Å². The van der Waals surface area contributed by atoms with Gasteiger partial charge in [-0.15, -0.1) is 0 Å². The van der Waals surface area contributed by atoms with E-state index >= 15 is 0 Å². The van der Waals surface area contributed by atoms with Gasteiger partial charge in [0, 0.05) is 19.2 Å². The van der Waals surface area contributed by atoms with Crippen molar-refractivity contribution in [2.45, 2.75) is 27.2 Å². The summed E-state index contributed by atoms with van der Waals surface area (Å²) in [4.78, 5) is 17.1. The number of nitrogens with one attached hydrogen (secondary N) is 1. The van der Waals surface area contributed by atoms with E-state index in [1.54, 1.807) is 0 Å². The van der Waals surface area contributed by atoms with Crippen molar-refractivity contribution in [2.75, 3.05) is 44.4 Å². The number of amides is 1. The van der Waals surface area contributed by atoms with Crippen molar-refractivity contribution >= 4 is 17.3 Å². The number of hydrogen-bond donors (Lipinski definition) is 1. The number of benzene rings is 2. The smallest absolute Gasteiger partial charge is 0.255 e. The molecule has 0 radical (unpaired) electrons. The zero-order chi connectivity index (χ0) is 19.3. The first-order valence-electron chi connectivity index (χ1n) is 9.13. The summed E-state index contributed by atoms with van der Waals surface area (Å²) >= 11 is 0. The van der Waals surface area contributed by atoms with Crippen LogP contribution in [0.4, 0.5) is 11.4 Å². The molecule has 4 nitrogen and oxygen atoms in total. The highest BCUT2D eigenvalue weighted by Gasteiger charge is 2.13. The van der Waals surface area contributed by atoms with Gasteiger partial charge >= 0.3 is 0 Å². The topological polar surface area (TPSA) is 35.6 Å². The molecule has 2 rings (SSSR count). The van der Waals surface area contributed by atoms with Gasteiger partial charge < -0.3 is 15.1 Å². The second kappa shape index (κ2) is 8.86. The van der Waals surface area contributed by atoms with E-state index < -0.39 is 0 Å². The molecule has 26 heavy (non-hydrogen) atoms. The van der Waals surface area contributed by atoms with E-state index in [1.807, 2.05) is 38.1 Å². The summed E-state index contributed by atoms with van der Waals surface area (Å²) < 4.78 is 0. The molecule has 2 aromatic rings. The van der Waals surface area contributed by atoms with E-state index in [0.717, 1.165) is 42.0 Å². The highest BCUT2D eigenvalue weighted by Crippen LogP contribution is 2.27. The lowest BCUT2D eigenvalue weighted by Gasteiger charge is -2.24. The van der Waals surface area contributed by atoms with E-state index in [4.69, 9.17) is 0 Å². The third-order valence-electron chi connectivity index (χ3n) is 4.68. The quantitative estimate of drug-likeness (QED) is 0.808. The second-order valence-electron chi connectivity index (χ2n) is 7.35. The zero-order valence-corrected chi connectivity index (χ0v) is 16.9. The van der Waals surface area contributed by atoms with Crippen molar-refractivity contribution in [2.24, 2.45) is 0 Å². The lowest BCUT2D eigenvalue weighted by molar-refractivity contribution is 0.102. The molecule has 0 atom stereocenters. The summed E-state index contributed by atoms with van der Waals surface area (Å²) in [7, 11) is 6.24. The molecule has 0 saturated carbocycles. The Labute approximate surface area is 157 Å². The SMILES string of the molecule is Cc1ccc(N(C)CCCN(C)C)c(NC(=O)c2ccc(C)c(C)c2)c1. The maximum Gasteiger partial charge on any atom is 0.255 e. The molecule has 4 heteroatoms. The van der Waals surface area contributed by atoms with Crippen LogP contribution in [0.2, 0.25) is 0 Å². The van der Waals surface area contributed by atoms with Crippen LogP contribution < -0.4 is 10.2 Å². The van der Waals surface area contributed by atoms with Gasteiger partial charge in [-0.05, 0) is 88.8 Å². The van der Waals surface area contributed by atoms with Crippen LogP contribution >= 0.6 is 0 Å². The van der Waals surface area contributed by atoms with Crippen LogP contribution in [-0.4, -0.2) is 45.0 Å². The number of carbonyl (C=O) groups excluding carboxylic acids is 1. The molecule has 0 aliphatic heterocycles. The van der Waals surface area contributed by atoms with Crippen molar-refractivity contribution in [1.82, 2.24) is 4.90 Å². The van der Waals surface area contributed by atoms with E-state index in [9.17, 15) is 4.79 Å². The Hall–Kier alpha value is -2.33. The molecule has 2 aromatic carbocycles. The molecule has 0 unspecified atom stereocenters. The van der Waals surface area contributed by atoms with Crippen LogP contribution in [0.25, 0.3) is 0 Å². The lowest BCUT2D eigenvalue weighted by Crippen LogP contribution is -2.24. The highest BCUT2D eigenvalue weighted by atomic mass is 16.1. The third-order valence-corrected chi connectivity index (χ3v) is 4.68. The maximum absolute atomic E-state index is 12.7. The Morgan fingerprint density at radius 1 is 0.923 bits per heavy atom. The molecule has 0 heterocycles. The van der Waals surface area contributed by atoms with Crippen LogP contribution in [0.1, 0.15) is 33.5 Å². The minimum atomic E-state index is -0.0679. The minimum absolute atomic E-state index is 0.0679. The molecular formula is C22H31N3O. The fourth-order valence-electron chi connectivity index (χ4n) is 2.90. The monoisotopic (exact) mass is 353 g/mol. The van der Waals surface area contributed by atoms with Gasteiger partial charge in [0.05, 0.1) is 11.4 Å². The Balaban J connectivity index is 2.18. The molecule has 0 bridgehead atoms. The van der Waals surface area contributed by atoms with Crippen molar-refractivity contribution < 1.29 is 4.79 Å². The van der Waals surface area contributed by atoms with E-state index in [1.165, 1.54) is 5.56 Å². The number of hydrogen-bond acceptors (Lipinski definition) is 3. The maximum atomic E-state index is 12.7. The predicted octanol–water partition coefficient (Wildman–Crippen LogP) is 4.25. The minimum Gasteiger partial charge on any atom is -0.373 e. The summed E-state index contributed by atoms with van der Waals surface area (Å²) in [6.45, 7) is 8.11.